The Morgan fingerprint density at radius 2 is 1.88 bits per heavy atom. The maximum Gasteiger partial charge on any atom is 0.233 e. The molecule has 0 amide bonds. The topological polar surface area (TPSA) is 107 Å². The molecule has 0 saturated carbocycles. The minimum Gasteiger partial charge on any atom is -0.338 e. The Hall–Kier alpha value is -3.64. The van der Waals surface area contributed by atoms with E-state index in [4.69, 9.17) is 0 Å². The third-order valence-corrected chi connectivity index (χ3v) is 5.41. The number of aromatic nitrogens is 5. The second kappa shape index (κ2) is 9.66. The van der Waals surface area contributed by atoms with Gasteiger partial charge in [0.2, 0.25) is 11.9 Å². The SMILES string of the molecule is CCc1nc(Nc2nc(Cc3cccc(C)c3)ncc2C#N)nc(N2CCN(C)CC2)n1. The second-order valence-corrected chi connectivity index (χ2v) is 7.97. The normalized spacial score (nSPS) is 14.2. The molecule has 1 aliphatic heterocycles. The van der Waals surface area contributed by atoms with Gasteiger partial charge in [0.1, 0.15) is 23.3 Å². The molecule has 9 heteroatoms. The average Bonchev–Trinajstić information content (AvgIpc) is 2.79. The van der Waals surface area contributed by atoms with Gasteiger partial charge in [0.25, 0.3) is 0 Å². The zero-order valence-corrected chi connectivity index (χ0v) is 18.7. The molecule has 1 fully saturated rings. The Labute approximate surface area is 188 Å². The van der Waals surface area contributed by atoms with Crippen molar-refractivity contribution in [1.29, 1.82) is 5.26 Å². The highest BCUT2D eigenvalue weighted by atomic mass is 15.3. The van der Waals surface area contributed by atoms with Crippen molar-refractivity contribution in [3.05, 3.63) is 58.8 Å². The fraction of sp³-hybridized carbons (Fsp3) is 0.391. The lowest BCUT2D eigenvalue weighted by Gasteiger charge is -2.32. The number of nitrogens with zero attached hydrogens (tertiary/aromatic N) is 8. The molecule has 0 atom stereocenters. The van der Waals surface area contributed by atoms with Crippen molar-refractivity contribution in [3.63, 3.8) is 0 Å². The molecule has 3 aromatic rings. The van der Waals surface area contributed by atoms with E-state index in [1.165, 1.54) is 5.56 Å². The molecule has 32 heavy (non-hydrogen) atoms. The van der Waals surface area contributed by atoms with Crippen LogP contribution in [0.5, 0.6) is 0 Å². The Kier molecular flexibility index (Phi) is 6.52. The first-order chi connectivity index (χ1) is 15.5. The predicted molar refractivity (Wildman–Crippen MR) is 123 cm³/mol. The molecule has 1 saturated heterocycles. The molecule has 0 radical (unpaired) electrons. The molecule has 0 unspecified atom stereocenters. The molecule has 9 nitrogen and oxygen atoms in total. The standard InChI is InChI=1S/C23H27N9/c1-4-19-27-22(30-23(28-19)32-10-8-31(3)9-11-32)29-21-18(14-24)15-25-20(26-21)13-17-7-5-6-16(2)12-17/h5-7,12,15H,4,8-11,13H2,1-3H3,(H,25,26,27,28,29,30). The van der Waals surface area contributed by atoms with Gasteiger partial charge in [-0.3, -0.25) is 0 Å². The van der Waals surface area contributed by atoms with Gasteiger partial charge in [-0.2, -0.15) is 20.2 Å². The van der Waals surface area contributed by atoms with Crippen LogP contribution in [0.15, 0.2) is 30.5 Å². The number of hydrogen-bond acceptors (Lipinski definition) is 9. The van der Waals surface area contributed by atoms with Crippen molar-refractivity contribution in [2.75, 3.05) is 43.4 Å². The number of piperazine rings is 1. The first-order valence-corrected chi connectivity index (χ1v) is 10.8. The second-order valence-electron chi connectivity index (χ2n) is 7.97. The first kappa shape index (κ1) is 21.6. The summed E-state index contributed by atoms with van der Waals surface area (Å²) in [4.78, 5) is 27.2. The summed E-state index contributed by atoms with van der Waals surface area (Å²) >= 11 is 0. The van der Waals surface area contributed by atoms with E-state index in [0.29, 0.717) is 47.8 Å². The third kappa shape index (κ3) is 5.15. The van der Waals surface area contributed by atoms with Gasteiger partial charge in [-0.05, 0) is 19.5 Å². The lowest BCUT2D eigenvalue weighted by molar-refractivity contribution is 0.311. The monoisotopic (exact) mass is 429 g/mol. The van der Waals surface area contributed by atoms with Gasteiger partial charge in [-0.25, -0.2) is 9.97 Å². The number of rotatable bonds is 6. The van der Waals surface area contributed by atoms with Gasteiger partial charge in [0.05, 0.1) is 6.20 Å². The predicted octanol–water partition coefficient (Wildman–Crippen LogP) is 2.49. The van der Waals surface area contributed by atoms with E-state index >= 15 is 0 Å². The van der Waals surface area contributed by atoms with Crippen LogP contribution in [0.1, 0.15) is 35.3 Å². The van der Waals surface area contributed by atoms with Crippen molar-refractivity contribution in [2.24, 2.45) is 0 Å². The van der Waals surface area contributed by atoms with E-state index in [1.807, 2.05) is 19.1 Å². The molecule has 1 aromatic carbocycles. The zero-order chi connectivity index (χ0) is 22.5. The highest BCUT2D eigenvalue weighted by Gasteiger charge is 2.19. The summed E-state index contributed by atoms with van der Waals surface area (Å²) in [6, 6.07) is 10.4. The first-order valence-electron chi connectivity index (χ1n) is 10.8. The van der Waals surface area contributed by atoms with Crippen LogP contribution in [0, 0.1) is 18.3 Å². The number of aryl methyl sites for hydroxylation is 2. The number of nitriles is 1. The van der Waals surface area contributed by atoms with Crippen LogP contribution in [-0.2, 0) is 12.8 Å². The van der Waals surface area contributed by atoms with Crippen LogP contribution in [-0.4, -0.2) is 63.0 Å². The molecular weight excluding hydrogens is 402 g/mol. The summed E-state index contributed by atoms with van der Waals surface area (Å²) in [5.74, 6) is 2.77. The van der Waals surface area contributed by atoms with Gasteiger partial charge in [-0.15, -0.1) is 0 Å². The van der Waals surface area contributed by atoms with Crippen molar-refractivity contribution < 1.29 is 0 Å². The fourth-order valence-electron chi connectivity index (χ4n) is 3.56. The number of likely N-dealkylation sites (N-methyl/N-ethyl adjacent to an activating group) is 1. The zero-order valence-electron chi connectivity index (χ0n) is 18.7. The summed E-state index contributed by atoms with van der Waals surface area (Å²) < 4.78 is 0. The lowest BCUT2D eigenvalue weighted by atomic mass is 10.1. The molecule has 164 valence electrons. The average molecular weight is 430 g/mol. The molecule has 4 rings (SSSR count). The van der Waals surface area contributed by atoms with Crippen molar-refractivity contribution in [1.82, 2.24) is 29.8 Å². The maximum absolute atomic E-state index is 9.56. The highest BCUT2D eigenvalue weighted by molar-refractivity contribution is 5.58. The molecule has 0 bridgehead atoms. The van der Waals surface area contributed by atoms with E-state index in [9.17, 15) is 5.26 Å². The van der Waals surface area contributed by atoms with E-state index < -0.39 is 0 Å². The summed E-state index contributed by atoms with van der Waals surface area (Å²) in [5.41, 5.74) is 2.65. The van der Waals surface area contributed by atoms with Crippen LogP contribution in [0.2, 0.25) is 0 Å². The summed E-state index contributed by atoms with van der Waals surface area (Å²) in [6.07, 6.45) is 2.81. The molecular formula is C23H27N9. The van der Waals surface area contributed by atoms with E-state index in [1.54, 1.807) is 6.20 Å². The van der Waals surface area contributed by atoms with Crippen LogP contribution in [0.25, 0.3) is 0 Å². The molecule has 1 aliphatic rings. The fourth-order valence-corrected chi connectivity index (χ4v) is 3.56. The maximum atomic E-state index is 9.56. The number of hydrogen-bond donors (Lipinski definition) is 1. The minimum atomic E-state index is 0.345. The van der Waals surface area contributed by atoms with Gasteiger partial charge in [0, 0.05) is 39.0 Å². The number of nitrogens with one attached hydrogen (secondary N) is 1. The minimum absolute atomic E-state index is 0.345. The van der Waals surface area contributed by atoms with Crippen LogP contribution in [0.3, 0.4) is 0 Å². The third-order valence-electron chi connectivity index (χ3n) is 5.41. The Morgan fingerprint density at radius 3 is 2.59 bits per heavy atom. The van der Waals surface area contributed by atoms with E-state index in [0.717, 1.165) is 31.7 Å². The Bertz CT molecular complexity index is 1130. The molecule has 3 heterocycles. The quantitative estimate of drug-likeness (QED) is 0.632. The number of benzene rings is 1. The van der Waals surface area contributed by atoms with Gasteiger partial charge >= 0.3 is 0 Å². The van der Waals surface area contributed by atoms with Crippen LogP contribution in [0.4, 0.5) is 17.7 Å². The molecule has 1 N–H and O–H groups in total. The highest BCUT2D eigenvalue weighted by Crippen LogP contribution is 2.19. The molecule has 0 spiro atoms. The van der Waals surface area contributed by atoms with Crippen molar-refractivity contribution >= 4 is 17.7 Å². The van der Waals surface area contributed by atoms with Crippen LogP contribution < -0.4 is 10.2 Å². The van der Waals surface area contributed by atoms with E-state index in [-0.39, 0.29) is 0 Å². The van der Waals surface area contributed by atoms with Gasteiger partial charge in [-0.1, -0.05) is 36.8 Å². The van der Waals surface area contributed by atoms with Crippen molar-refractivity contribution in [2.45, 2.75) is 26.7 Å². The van der Waals surface area contributed by atoms with E-state index in [2.05, 4.69) is 72.2 Å². The molecule has 2 aromatic heterocycles. The summed E-state index contributed by atoms with van der Waals surface area (Å²) in [7, 11) is 2.11. The lowest BCUT2D eigenvalue weighted by Crippen LogP contribution is -2.45. The van der Waals surface area contributed by atoms with Crippen LogP contribution >= 0.6 is 0 Å². The summed E-state index contributed by atoms with van der Waals surface area (Å²) in [5, 5.41) is 12.7. The number of anilines is 3. The Balaban J connectivity index is 1.61. The summed E-state index contributed by atoms with van der Waals surface area (Å²) in [6.45, 7) is 7.71. The van der Waals surface area contributed by atoms with Gasteiger partial charge in [0.15, 0.2) is 5.82 Å². The van der Waals surface area contributed by atoms with Crippen molar-refractivity contribution in [3.8, 4) is 6.07 Å². The Morgan fingerprint density at radius 1 is 1.06 bits per heavy atom. The largest absolute Gasteiger partial charge is 0.338 e. The molecule has 0 aliphatic carbocycles. The van der Waals surface area contributed by atoms with Gasteiger partial charge < -0.3 is 15.1 Å². The smallest absolute Gasteiger partial charge is 0.233 e.